The number of urea groups is 1. The van der Waals surface area contributed by atoms with Crippen LogP contribution in [0.5, 0.6) is 5.75 Å². The number of ether oxygens (including phenoxy) is 1. The number of aryl methyl sites for hydroxylation is 1. The minimum absolute atomic E-state index is 0.315. The van der Waals surface area contributed by atoms with Crippen molar-refractivity contribution in [3.8, 4) is 5.75 Å². The first kappa shape index (κ1) is 31.0. The van der Waals surface area contributed by atoms with E-state index in [4.69, 9.17) is 4.74 Å². The van der Waals surface area contributed by atoms with Gasteiger partial charge in [0.15, 0.2) is 0 Å². The van der Waals surface area contributed by atoms with Crippen molar-refractivity contribution in [2.24, 2.45) is 0 Å². The van der Waals surface area contributed by atoms with Gasteiger partial charge in [-0.1, -0.05) is 42.5 Å². The first-order valence-corrected chi connectivity index (χ1v) is 14.7. The number of aromatic nitrogens is 2. The van der Waals surface area contributed by atoms with Crippen LogP contribution >= 0.6 is 0 Å². The molecule has 3 aromatic carbocycles. The third-order valence-corrected chi connectivity index (χ3v) is 7.52. The molecular formula is C34H38N8O3. The van der Waals surface area contributed by atoms with E-state index < -0.39 is 6.03 Å². The first-order valence-electron chi connectivity index (χ1n) is 14.7. The summed E-state index contributed by atoms with van der Waals surface area (Å²) in [6.07, 6.45) is 2.58. The van der Waals surface area contributed by atoms with Gasteiger partial charge in [-0.25, -0.2) is 19.7 Å². The number of amides is 3. The van der Waals surface area contributed by atoms with Gasteiger partial charge in [-0.05, 0) is 55.9 Å². The van der Waals surface area contributed by atoms with Gasteiger partial charge in [0, 0.05) is 56.2 Å². The molecule has 3 amide bonds. The van der Waals surface area contributed by atoms with Crippen molar-refractivity contribution in [2.45, 2.75) is 13.5 Å². The molecule has 0 unspecified atom stereocenters. The molecule has 4 aromatic rings. The Bertz CT molecular complexity index is 1650. The molecule has 3 N–H and O–H groups in total. The molecule has 0 atom stereocenters. The second-order valence-corrected chi connectivity index (χ2v) is 10.8. The Morgan fingerprint density at radius 1 is 1.00 bits per heavy atom. The number of rotatable bonds is 10. The molecule has 232 valence electrons. The number of carbonyl (C=O) groups is 2. The van der Waals surface area contributed by atoms with Gasteiger partial charge in [0.2, 0.25) is 5.91 Å². The Labute approximate surface area is 263 Å². The molecular weight excluding hydrogens is 568 g/mol. The molecule has 0 saturated carbocycles. The zero-order valence-corrected chi connectivity index (χ0v) is 25.8. The van der Waals surface area contributed by atoms with Crippen molar-refractivity contribution < 1.29 is 14.3 Å². The molecule has 45 heavy (non-hydrogen) atoms. The maximum atomic E-state index is 13.8. The number of piperazine rings is 1. The molecule has 0 bridgehead atoms. The maximum absolute atomic E-state index is 13.8. The van der Waals surface area contributed by atoms with E-state index in [1.54, 1.807) is 37.4 Å². The SMILES string of the molecule is C=CC(=O)Nc1cccc(N(C(=O)NCc2ccc(C)cc2)c2cc(Nc3ccc(N4CCN(C)CC4)cc3OC)ncn2)c1. The van der Waals surface area contributed by atoms with Crippen molar-refractivity contribution in [3.05, 3.63) is 103 Å². The summed E-state index contributed by atoms with van der Waals surface area (Å²) in [4.78, 5) is 40.7. The van der Waals surface area contributed by atoms with Crippen molar-refractivity contribution in [1.29, 1.82) is 0 Å². The van der Waals surface area contributed by atoms with Crippen LogP contribution in [-0.4, -0.2) is 67.1 Å². The number of carbonyl (C=O) groups excluding carboxylic acids is 2. The van der Waals surface area contributed by atoms with Crippen LogP contribution in [0.1, 0.15) is 11.1 Å². The number of benzene rings is 3. The van der Waals surface area contributed by atoms with Crippen molar-refractivity contribution in [3.63, 3.8) is 0 Å². The van der Waals surface area contributed by atoms with Gasteiger partial charge in [0.05, 0.1) is 18.5 Å². The topological polar surface area (TPSA) is 115 Å². The van der Waals surface area contributed by atoms with Gasteiger partial charge in [-0.15, -0.1) is 0 Å². The normalized spacial score (nSPS) is 13.1. The lowest BCUT2D eigenvalue weighted by Crippen LogP contribution is -2.44. The molecule has 1 saturated heterocycles. The molecule has 0 spiro atoms. The van der Waals surface area contributed by atoms with Crippen LogP contribution in [0.25, 0.3) is 0 Å². The fraction of sp³-hybridized carbons (Fsp3) is 0.235. The van der Waals surface area contributed by atoms with E-state index in [2.05, 4.69) is 55.4 Å². The van der Waals surface area contributed by atoms with Gasteiger partial charge in [0.1, 0.15) is 23.7 Å². The number of anilines is 6. The second-order valence-electron chi connectivity index (χ2n) is 10.8. The molecule has 0 radical (unpaired) electrons. The second kappa shape index (κ2) is 14.4. The summed E-state index contributed by atoms with van der Waals surface area (Å²) in [6, 6.07) is 22.2. The van der Waals surface area contributed by atoms with E-state index in [1.807, 2.05) is 43.3 Å². The van der Waals surface area contributed by atoms with Crippen LogP contribution in [0.4, 0.5) is 39.2 Å². The van der Waals surface area contributed by atoms with Crippen molar-refractivity contribution in [2.75, 3.05) is 60.8 Å². The van der Waals surface area contributed by atoms with Gasteiger partial charge in [0.25, 0.3) is 0 Å². The van der Waals surface area contributed by atoms with Crippen LogP contribution in [0, 0.1) is 6.92 Å². The van der Waals surface area contributed by atoms with Crippen molar-refractivity contribution >= 4 is 46.3 Å². The molecule has 11 nitrogen and oxygen atoms in total. The number of nitrogens with zero attached hydrogens (tertiary/aromatic N) is 5. The van der Waals surface area contributed by atoms with Gasteiger partial charge in [-0.3, -0.25) is 4.79 Å². The zero-order valence-electron chi connectivity index (χ0n) is 25.8. The van der Waals surface area contributed by atoms with Crippen LogP contribution in [-0.2, 0) is 11.3 Å². The van der Waals surface area contributed by atoms with Crippen LogP contribution in [0.2, 0.25) is 0 Å². The monoisotopic (exact) mass is 606 g/mol. The van der Waals surface area contributed by atoms with Gasteiger partial charge >= 0.3 is 6.03 Å². The lowest BCUT2D eigenvalue weighted by atomic mass is 10.1. The van der Waals surface area contributed by atoms with E-state index in [-0.39, 0.29) is 5.91 Å². The molecule has 1 aliphatic heterocycles. The quantitative estimate of drug-likeness (QED) is 0.204. The summed E-state index contributed by atoms with van der Waals surface area (Å²) in [6.45, 7) is 9.74. The third kappa shape index (κ3) is 7.95. The fourth-order valence-electron chi connectivity index (χ4n) is 4.95. The summed E-state index contributed by atoms with van der Waals surface area (Å²) in [7, 11) is 3.77. The molecule has 1 aliphatic rings. The lowest BCUT2D eigenvalue weighted by Gasteiger charge is -2.34. The zero-order chi connectivity index (χ0) is 31.8. The Morgan fingerprint density at radius 2 is 1.78 bits per heavy atom. The molecule has 0 aliphatic carbocycles. The molecule has 11 heteroatoms. The number of likely N-dealkylation sites (N-methyl/N-ethyl adjacent to an activating group) is 1. The minimum Gasteiger partial charge on any atom is -0.494 e. The van der Waals surface area contributed by atoms with Crippen LogP contribution < -0.4 is 30.5 Å². The average Bonchev–Trinajstić information content (AvgIpc) is 3.05. The predicted octanol–water partition coefficient (Wildman–Crippen LogP) is 5.46. The highest BCUT2D eigenvalue weighted by Gasteiger charge is 2.22. The maximum Gasteiger partial charge on any atom is 0.327 e. The lowest BCUT2D eigenvalue weighted by molar-refractivity contribution is -0.111. The van der Waals surface area contributed by atoms with E-state index >= 15 is 0 Å². The molecule has 1 fully saturated rings. The largest absolute Gasteiger partial charge is 0.494 e. The van der Waals surface area contributed by atoms with E-state index in [1.165, 1.54) is 17.3 Å². The summed E-state index contributed by atoms with van der Waals surface area (Å²) in [5.41, 5.74) is 4.91. The van der Waals surface area contributed by atoms with E-state index in [9.17, 15) is 9.59 Å². The number of methoxy groups -OCH3 is 1. The number of hydrogen-bond donors (Lipinski definition) is 3. The van der Waals surface area contributed by atoms with Crippen LogP contribution in [0.3, 0.4) is 0 Å². The van der Waals surface area contributed by atoms with Crippen LogP contribution in [0.15, 0.2) is 91.8 Å². The highest BCUT2D eigenvalue weighted by atomic mass is 16.5. The smallest absolute Gasteiger partial charge is 0.327 e. The number of hydrogen-bond acceptors (Lipinski definition) is 8. The standard InChI is InChI=1S/C34H38N8O3/c1-5-33(43)38-26-7-6-8-28(19-26)42(34(44)35-22-25-11-9-24(2)10-12-25)32-21-31(36-23-37-32)39-29-14-13-27(20-30(29)45-4)41-17-15-40(3)16-18-41/h5-14,19-21,23H,1,15-18,22H2,2-4H3,(H,35,44)(H,38,43)(H,36,37,39). The highest BCUT2D eigenvalue weighted by Crippen LogP contribution is 2.33. The Balaban J connectivity index is 1.42. The Kier molecular flexibility index (Phi) is 9.90. The van der Waals surface area contributed by atoms with E-state index in [0.29, 0.717) is 35.3 Å². The summed E-state index contributed by atoms with van der Waals surface area (Å²) in [5.74, 6) is 1.11. The van der Waals surface area contributed by atoms with Crippen molar-refractivity contribution in [1.82, 2.24) is 20.2 Å². The summed E-state index contributed by atoms with van der Waals surface area (Å²) in [5, 5.41) is 9.06. The van der Waals surface area contributed by atoms with Gasteiger partial charge in [-0.2, -0.15) is 0 Å². The highest BCUT2D eigenvalue weighted by molar-refractivity contribution is 6.01. The fourth-order valence-corrected chi connectivity index (χ4v) is 4.95. The Hall–Kier alpha value is -5.42. The van der Waals surface area contributed by atoms with Gasteiger partial charge < -0.3 is 30.5 Å². The van der Waals surface area contributed by atoms with E-state index in [0.717, 1.165) is 48.7 Å². The molecule has 2 heterocycles. The third-order valence-electron chi connectivity index (χ3n) is 7.52. The number of nitrogens with one attached hydrogen (secondary N) is 3. The summed E-state index contributed by atoms with van der Waals surface area (Å²) >= 11 is 0. The minimum atomic E-state index is -0.401. The molecule has 1 aromatic heterocycles. The average molecular weight is 607 g/mol. The Morgan fingerprint density at radius 3 is 2.51 bits per heavy atom. The predicted molar refractivity (Wildman–Crippen MR) is 179 cm³/mol. The molecule has 5 rings (SSSR count). The first-order chi connectivity index (χ1) is 21.8. The summed E-state index contributed by atoms with van der Waals surface area (Å²) < 4.78 is 5.73.